The van der Waals surface area contributed by atoms with E-state index in [2.05, 4.69) is 0 Å². The first-order chi connectivity index (χ1) is 13.5. The smallest absolute Gasteiger partial charge is 0.257 e. The lowest BCUT2D eigenvalue weighted by Crippen LogP contribution is -2.50. The molecular weight excluding hydrogens is 388 g/mol. The Morgan fingerprint density at radius 3 is 2.00 bits per heavy atom. The Labute approximate surface area is 172 Å². The van der Waals surface area contributed by atoms with E-state index in [-0.39, 0.29) is 43.4 Å². The van der Waals surface area contributed by atoms with Crippen molar-refractivity contribution in [2.45, 2.75) is 39.5 Å². The minimum absolute atomic E-state index is 0.0582. The molecule has 0 aromatic heterocycles. The molecule has 1 N–H and O–H groups in total. The van der Waals surface area contributed by atoms with Crippen molar-refractivity contribution in [3.8, 4) is 5.75 Å². The van der Waals surface area contributed by atoms with Crippen LogP contribution in [0.5, 0.6) is 5.75 Å². The van der Waals surface area contributed by atoms with E-state index in [1.54, 1.807) is 17.0 Å². The van der Waals surface area contributed by atoms with Crippen molar-refractivity contribution in [1.82, 2.24) is 9.21 Å². The number of aromatic hydroxyl groups is 1. The number of benzene rings is 2. The van der Waals surface area contributed by atoms with Gasteiger partial charge in [0.25, 0.3) is 5.91 Å². The zero-order chi connectivity index (χ0) is 21.5. The first kappa shape index (κ1) is 21.3. The van der Waals surface area contributed by atoms with E-state index in [4.69, 9.17) is 0 Å². The van der Waals surface area contributed by atoms with E-state index in [1.807, 2.05) is 40.7 Å². The Morgan fingerprint density at radius 1 is 0.897 bits per heavy atom. The Balaban J connectivity index is 1.82. The highest BCUT2D eigenvalue weighted by atomic mass is 32.2. The lowest BCUT2D eigenvalue weighted by Gasteiger charge is -2.35. The van der Waals surface area contributed by atoms with Crippen molar-refractivity contribution in [2.24, 2.45) is 0 Å². The second kappa shape index (κ2) is 7.80. The number of carbonyl (C=O) groups excluding carboxylic acids is 1. The number of rotatable bonds is 3. The topological polar surface area (TPSA) is 77.9 Å². The molecule has 0 saturated carbocycles. The van der Waals surface area contributed by atoms with E-state index >= 15 is 0 Å². The average Bonchev–Trinajstić information content (AvgIpc) is 2.68. The van der Waals surface area contributed by atoms with Gasteiger partial charge in [0.2, 0.25) is 10.0 Å². The van der Waals surface area contributed by atoms with Crippen LogP contribution in [-0.2, 0) is 10.0 Å². The Bertz CT molecular complexity index is 1040. The summed E-state index contributed by atoms with van der Waals surface area (Å²) in [5.74, 6) is -0.334. The molecule has 156 valence electrons. The van der Waals surface area contributed by atoms with Crippen LogP contribution in [0.1, 0.15) is 38.2 Å². The molecule has 2 aromatic carbocycles. The minimum Gasteiger partial charge on any atom is -0.507 e. The summed E-state index contributed by atoms with van der Waals surface area (Å²) in [6.45, 7) is 10.4. The van der Waals surface area contributed by atoms with Crippen LogP contribution in [-0.4, -0.2) is 54.8 Å². The van der Waals surface area contributed by atoms with E-state index in [9.17, 15) is 18.3 Å². The number of hydrogen-bond acceptors (Lipinski definition) is 4. The number of nitrogens with zero attached hydrogens (tertiary/aromatic N) is 2. The number of sulfonamides is 1. The molecule has 0 unspecified atom stereocenters. The first-order valence-corrected chi connectivity index (χ1v) is 11.1. The van der Waals surface area contributed by atoms with Crippen molar-refractivity contribution in [3.63, 3.8) is 0 Å². The van der Waals surface area contributed by atoms with Gasteiger partial charge in [0.1, 0.15) is 5.75 Å². The van der Waals surface area contributed by atoms with Crippen molar-refractivity contribution in [2.75, 3.05) is 26.2 Å². The molecule has 0 spiro atoms. The molecule has 6 nitrogen and oxygen atoms in total. The van der Waals surface area contributed by atoms with Gasteiger partial charge in [0.05, 0.1) is 10.5 Å². The maximum Gasteiger partial charge on any atom is 0.257 e. The van der Waals surface area contributed by atoms with Gasteiger partial charge >= 0.3 is 0 Å². The van der Waals surface area contributed by atoms with Crippen LogP contribution in [0.2, 0.25) is 0 Å². The second-order valence-corrected chi connectivity index (χ2v) is 9.68. The molecule has 1 aliphatic rings. The number of aryl methyl sites for hydroxylation is 3. The summed E-state index contributed by atoms with van der Waals surface area (Å²) in [5.41, 5.74) is 4.59. The van der Waals surface area contributed by atoms with Gasteiger partial charge in [-0.05, 0) is 69.0 Å². The van der Waals surface area contributed by atoms with Crippen molar-refractivity contribution < 1.29 is 18.3 Å². The van der Waals surface area contributed by atoms with Crippen LogP contribution in [0.25, 0.3) is 0 Å². The fraction of sp³-hybridized carbons (Fsp3) is 0.409. The van der Waals surface area contributed by atoms with Crippen molar-refractivity contribution >= 4 is 15.9 Å². The Morgan fingerprint density at radius 2 is 1.45 bits per heavy atom. The zero-order valence-corrected chi connectivity index (χ0v) is 18.4. The summed E-state index contributed by atoms with van der Waals surface area (Å²) in [4.78, 5) is 14.8. The molecule has 3 rings (SSSR count). The van der Waals surface area contributed by atoms with Gasteiger partial charge in [-0.25, -0.2) is 8.42 Å². The summed E-state index contributed by atoms with van der Waals surface area (Å²) >= 11 is 0. The Kier molecular flexibility index (Phi) is 5.74. The largest absolute Gasteiger partial charge is 0.507 e. The van der Waals surface area contributed by atoms with Gasteiger partial charge in [0, 0.05) is 26.2 Å². The summed E-state index contributed by atoms with van der Waals surface area (Å²) in [5, 5.41) is 10.0. The van der Waals surface area contributed by atoms with Crippen LogP contribution < -0.4 is 0 Å². The molecule has 1 saturated heterocycles. The SMILES string of the molecule is Cc1ccc(O)c(C(=O)N2CCN(S(=O)(=O)c3c(C)c(C)cc(C)c3C)CC2)c1. The molecule has 0 atom stereocenters. The molecule has 1 fully saturated rings. The number of carbonyl (C=O) groups is 1. The van der Waals surface area contributed by atoms with E-state index in [0.29, 0.717) is 4.90 Å². The number of phenolic OH excluding ortho intramolecular Hbond substituents is 1. The van der Waals surface area contributed by atoms with Crippen LogP contribution in [0, 0.1) is 34.6 Å². The monoisotopic (exact) mass is 416 g/mol. The molecule has 0 radical (unpaired) electrons. The molecule has 0 aliphatic carbocycles. The molecule has 29 heavy (non-hydrogen) atoms. The van der Waals surface area contributed by atoms with E-state index in [1.165, 1.54) is 10.4 Å². The quantitative estimate of drug-likeness (QED) is 0.834. The third-order valence-corrected chi connectivity index (χ3v) is 7.98. The summed E-state index contributed by atoms with van der Waals surface area (Å²) in [6, 6.07) is 6.91. The number of phenols is 1. The van der Waals surface area contributed by atoms with Crippen LogP contribution in [0.15, 0.2) is 29.2 Å². The highest BCUT2D eigenvalue weighted by Crippen LogP contribution is 2.29. The standard InChI is InChI=1S/C22H28N2O4S/c1-14-6-7-20(25)19(12-14)22(26)23-8-10-24(11-9-23)29(27,28)21-17(4)15(2)13-16(3)18(21)5/h6-7,12-13,25H,8-11H2,1-5H3. The van der Waals surface area contributed by atoms with Gasteiger partial charge in [-0.15, -0.1) is 0 Å². The average molecular weight is 417 g/mol. The van der Waals surface area contributed by atoms with Crippen LogP contribution in [0.3, 0.4) is 0 Å². The molecule has 1 heterocycles. The first-order valence-electron chi connectivity index (χ1n) is 9.70. The van der Waals surface area contributed by atoms with Crippen molar-refractivity contribution in [3.05, 3.63) is 57.6 Å². The minimum atomic E-state index is -3.65. The molecular formula is C22H28N2O4S. The highest BCUT2D eigenvalue weighted by molar-refractivity contribution is 7.89. The second-order valence-electron chi connectivity index (χ2n) is 7.81. The van der Waals surface area contributed by atoms with Gasteiger partial charge < -0.3 is 10.0 Å². The maximum absolute atomic E-state index is 13.4. The molecule has 2 aromatic rings. The fourth-order valence-electron chi connectivity index (χ4n) is 3.82. The summed E-state index contributed by atoms with van der Waals surface area (Å²) < 4.78 is 28.2. The molecule has 1 amide bonds. The maximum atomic E-state index is 13.4. The molecule has 1 aliphatic heterocycles. The lowest BCUT2D eigenvalue weighted by molar-refractivity contribution is 0.0694. The highest BCUT2D eigenvalue weighted by Gasteiger charge is 2.33. The summed E-state index contributed by atoms with van der Waals surface area (Å²) in [6.07, 6.45) is 0. The number of amides is 1. The lowest BCUT2D eigenvalue weighted by atomic mass is 10.0. The zero-order valence-electron chi connectivity index (χ0n) is 17.6. The van der Waals surface area contributed by atoms with Crippen LogP contribution >= 0.6 is 0 Å². The number of piperazine rings is 1. The molecule has 7 heteroatoms. The Hall–Kier alpha value is -2.38. The van der Waals surface area contributed by atoms with Crippen LogP contribution in [0.4, 0.5) is 0 Å². The molecule has 0 bridgehead atoms. The fourth-order valence-corrected chi connectivity index (χ4v) is 5.82. The van der Waals surface area contributed by atoms with Crippen molar-refractivity contribution in [1.29, 1.82) is 0 Å². The van der Waals surface area contributed by atoms with E-state index in [0.717, 1.165) is 27.8 Å². The van der Waals surface area contributed by atoms with Gasteiger partial charge in [0.15, 0.2) is 0 Å². The van der Waals surface area contributed by atoms with Gasteiger partial charge in [-0.2, -0.15) is 4.31 Å². The predicted molar refractivity (Wildman–Crippen MR) is 113 cm³/mol. The van der Waals surface area contributed by atoms with Gasteiger partial charge in [-0.1, -0.05) is 17.7 Å². The third kappa shape index (κ3) is 3.89. The third-order valence-electron chi connectivity index (χ3n) is 5.80. The van der Waals surface area contributed by atoms with E-state index < -0.39 is 10.0 Å². The summed E-state index contributed by atoms with van der Waals surface area (Å²) in [7, 11) is -3.65. The predicted octanol–water partition coefficient (Wildman–Crippen LogP) is 3.08. The normalized spacial score (nSPS) is 15.6. The van der Waals surface area contributed by atoms with Gasteiger partial charge in [-0.3, -0.25) is 4.79 Å². The number of hydrogen-bond donors (Lipinski definition) is 1.